The summed E-state index contributed by atoms with van der Waals surface area (Å²) in [5.74, 6) is 0.567. The van der Waals surface area contributed by atoms with Crippen LogP contribution in [0.1, 0.15) is 71.6 Å². The molecule has 4 nitrogen and oxygen atoms in total. The fourth-order valence-corrected chi connectivity index (χ4v) is 3.44. The first-order valence-electron chi connectivity index (χ1n) is 9.08. The van der Waals surface area contributed by atoms with Gasteiger partial charge in [-0.2, -0.15) is 0 Å². The van der Waals surface area contributed by atoms with Crippen molar-refractivity contribution in [1.29, 1.82) is 0 Å². The molecule has 0 aromatic rings. The van der Waals surface area contributed by atoms with E-state index in [1.807, 2.05) is 18.7 Å². The molecule has 0 radical (unpaired) electrons. The molecule has 1 unspecified atom stereocenters. The second-order valence-corrected chi connectivity index (χ2v) is 6.97. The first-order valence-corrected chi connectivity index (χ1v) is 9.08. The van der Waals surface area contributed by atoms with Crippen LogP contribution in [-0.2, 0) is 14.3 Å². The molecule has 2 aliphatic rings. The van der Waals surface area contributed by atoms with Gasteiger partial charge >= 0.3 is 5.97 Å². The highest BCUT2D eigenvalue weighted by molar-refractivity contribution is 5.78. The number of ether oxygens (including phenoxy) is 1. The van der Waals surface area contributed by atoms with E-state index in [-0.39, 0.29) is 17.8 Å². The van der Waals surface area contributed by atoms with Gasteiger partial charge in [0.05, 0.1) is 12.5 Å². The molecule has 2 aliphatic carbocycles. The van der Waals surface area contributed by atoms with Crippen LogP contribution in [0.4, 0.5) is 0 Å². The van der Waals surface area contributed by atoms with Crippen molar-refractivity contribution >= 4 is 11.9 Å². The molecule has 126 valence electrons. The topological polar surface area (TPSA) is 46.6 Å². The lowest BCUT2D eigenvalue weighted by molar-refractivity contribution is -0.149. The van der Waals surface area contributed by atoms with Gasteiger partial charge in [0.1, 0.15) is 0 Å². The van der Waals surface area contributed by atoms with Crippen LogP contribution < -0.4 is 0 Å². The molecule has 0 N–H and O–H groups in total. The minimum Gasteiger partial charge on any atom is -0.466 e. The van der Waals surface area contributed by atoms with Crippen LogP contribution in [0.5, 0.6) is 0 Å². The van der Waals surface area contributed by atoms with E-state index >= 15 is 0 Å². The Hall–Kier alpha value is -1.06. The molecular formula is C18H31NO3. The minimum absolute atomic E-state index is 0.187. The zero-order valence-electron chi connectivity index (χ0n) is 14.2. The van der Waals surface area contributed by atoms with Gasteiger partial charge < -0.3 is 9.64 Å². The van der Waals surface area contributed by atoms with E-state index in [2.05, 4.69) is 0 Å². The van der Waals surface area contributed by atoms with Gasteiger partial charge in [-0.1, -0.05) is 39.0 Å². The minimum atomic E-state index is -0.223. The SMILES string of the molecule is CCOC(=O)C(C)CN(C(=O)CCC1CCCCC1)C1CC1. The quantitative estimate of drug-likeness (QED) is 0.644. The van der Waals surface area contributed by atoms with Gasteiger partial charge in [-0.15, -0.1) is 0 Å². The molecule has 0 spiro atoms. The highest BCUT2D eigenvalue weighted by Gasteiger charge is 2.34. The molecule has 2 rings (SSSR count). The average Bonchev–Trinajstić information content (AvgIpc) is 3.36. The van der Waals surface area contributed by atoms with E-state index < -0.39 is 0 Å². The summed E-state index contributed by atoms with van der Waals surface area (Å²) in [6, 6.07) is 0.371. The molecular weight excluding hydrogens is 278 g/mol. The smallest absolute Gasteiger partial charge is 0.310 e. The summed E-state index contributed by atoms with van der Waals surface area (Å²) in [7, 11) is 0. The summed E-state index contributed by atoms with van der Waals surface area (Å²) in [6.07, 6.45) is 10.4. The lowest BCUT2D eigenvalue weighted by Crippen LogP contribution is -2.39. The third-order valence-electron chi connectivity index (χ3n) is 4.96. The number of hydrogen-bond acceptors (Lipinski definition) is 3. The van der Waals surface area contributed by atoms with Crippen LogP contribution in [0.3, 0.4) is 0 Å². The number of carbonyl (C=O) groups is 2. The Morgan fingerprint density at radius 1 is 1.14 bits per heavy atom. The predicted octanol–water partition coefficient (Wildman–Crippen LogP) is 3.54. The lowest BCUT2D eigenvalue weighted by atomic mass is 9.86. The molecule has 1 atom stereocenters. The Morgan fingerprint density at radius 2 is 1.82 bits per heavy atom. The van der Waals surface area contributed by atoms with Crippen LogP contribution in [0.15, 0.2) is 0 Å². The number of carbonyl (C=O) groups excluding carboxylic acids is 2. The van der Waals surface area contributed by atoms with Gasteiger partial charge in [0, 0.05) is 19.0 Å². The normalized spacial score (nSPS) is 20.5. The van der Waals surface area contributed by atoms with Crippen molar-refractivity contribution in [3.63, 3.8) is 0 Å². The third kappa shape index (κ3) is 5.29. The molecule has 22 heavy (non-hydrogen) atoms. The number of nitrogens with zero attached hydrogens (tertiary/aromatic N) is 1. The molecule has 0 aromatic heterocycles. The van der Waals surface area contributed by atoms with Crippen LogP contribution in [0, 0.1) is 11.8 Å². The maximum absolute atomic E-state index is 12.6. The zero-order chi connectivity index (χ0) is 15.9. The number of rotatable bonds is 8. The molecule has 2 saturated carbocycles. The van der Waals surface area contributed by atoms with Crippen molar-refractivity contribution in [3.05, 3.63) is 0 Å². The lowest BCUT2D eigenvalue weighted by Gasteiger charge is -2.27. The highest BCUT2D eigenvalue weighted by atomic mass is 16.5. The highest BCUT2D eigenvalue weighted by Crippen LogP contribution is 2.31. The molecule has 0 bridgehead atoms. The Labute approximate surface area is 134 Å². The van der Waals surface area contributed by atoms with Crippen molar-refractivity contribution in [2.24, 2.45) is 11.8 Å². The fourth-order valence-electron chi connectivity index (χ4n) is 3.44. The number of hydrogen-bond donors (Lipinski definition) is 0. The maximum Gasteiger partial charge on any atom is 0.310 e. The largest absolute Gasteiger partial charge is 0.466 e. The average molecular weight is 309 g/mol. The van der Waals surface area contributed by atoms with Gasteiger partial charge in [-0.25, -0.2) is 0 Å². The van der Waals surface area contributed by atoms with Gasteiger partial charge in [-0.3, -0.25) is 9.59 Å². The van der Waals surface area contributed by atoms with E-state index in [1.165, 1.54) is 32.1 Å². The van der Waals surface area contributed by atoms with Gasteiger partial charge in [0.15, 0.2) is 0 Å². The van der Waals surface area contributed by atoms with Crippen LogP contribution in [0.25, 0.3) is 0 Å². The van der Waals surface area contributed by atoms with E-state index in [1.54, 1.807) is 0 Å². The maximum atomic E-state index is 12.6. The van der Waals surface area contributed by atoms with Crippen molar-refractivity contribution in [3.8, 4) is 0 Å². The number of amides is 1. The molecule has 1 amide bonds. The Bertz CT molecular complexity index is 373. The molecule has 2 fully saturated rings. The van der Waals surface area contributed by atoms with Crippen LogP contribution >= 0.6 is 0 Å². The van der Waals surface area contributed by atoms with E-state index in [0.717, 1.165) is 25.2 Å². The fraction of sp³-hybridized carbons (Fsp3) is 0.889. The van der Waals surface area contributed by atoms with Crippen molar-refractivity contribution in [2.75, 3.05) is 13.2 Å². The van der Waals surface area contributed by atoms with E-state index in [9.17, 15) is 9.59 Å². The summed E-state index contributed by atoms with van der Waals surface area (Å²) in [5, 5.41) is 0. The van der Waals surface area contributed by atoms with Gasteiger partial charge in [0.25, 0.3) is 0 Å². The van der Waals surface area contributed by atoms with E-state index in [0.29, 0.717) is 25.6 Å². The Balaban J connectivity index is 1.79. The van der Waals surface area contributed by atoms with Gasteiger partial charge in [-0.05, 0) is 32.1 Å². The molecule has 4 heteroatoms. The summed E-state index contributed by atoms with van der Waals surface area (Å²) in [5.41, 5.74) is 0. The van der Waals surface area contributed by atoms with E-state index in [4.69, 9.17) is 4.74 Å². The van der Waals surface area contributed by atoms with Gasteiger partial charge in [0.2, 0.25) is 5.91 Å². The Kier molecular flexibility index (Phi) is 6.71. The third-order valence-corrected chi connectivity index (χ3v) is 4.96. The summed E-state index contributed by atoms with van der Waals surface area (Å²) < 4.78 is 5.06. The Morgan fingerprint density at radius 3 is 2.41 bits per heavy atom. The summed E-state index contributed by atoms with van der Waals surface area (Å²) >= 11 is 0. The van der Waals surface area contributed by atoms with Crippen molar-refractivity contribution in [2.45, 2.75) is 77.7 Å². The first-order chi connectivity index (χ1) is 10.6. The number of esters is 1. The van der Waals surface area contributed by atoms with Crippen LogP contribution in [-0.4, -0.2) is 36.0 Å². The molecule has 0 aliphatic heterocycles. The summed E-state index contributed by atoms with van der Waals surface area (Å²) in [4.78, 5) is 26.3. The molecule has 0 heterocycles. The summed E-state index contributed by atoms with van der Waals surface area (Å²) in [6.45, 7) is 4.61. The van der Waals surface area contributed by atoms with Crippen molar-refractivity contribution in [1.82, 2.24) is 4.90 Å². The first kappa shape index (κ1) is 17.3. The second kappa shape index (κ2) is 8.54. The standard InChI is InChI=1S/C18H31NO3/c1-3-22-18(21)14(2)13-19(16-10-11-16)17(20)12-9-15-7-5-4-6-8-15/h14-16H,3-13H2,1-2H3. The van der Waals surface area contributed by atoms with Crippen LogP contribution in [0.2, 0.25) is 0 Å². The molecule has 0 saturated heterocycles. The van der Waals surface area contributed by atoms with Crippen molar-refractivity contribution < 1.29 is 14.3 Å². The second-order valence-electron chi connectivity index (χ2n) is 6.97. The predicted molar refractivity (Wildman–Crippen MR) is 86.3 cm³/mol. The molecule has 0 aromatic carbocycles. The zero-order valence-corrected chi connectivity index (χ0v) is 14.2. The monoisotopic (exact) mass is 309 g/mol.